The zero-order valence-electron chi connectivity index (χ0n) is 11.2. The van der Waals surface area contributed by atoms with E-state index in [2.05, 4.69) is 10.5 Å². The van der Waals surface area contributed by atoms with Gasteiger partial charge in [0.2, 0.25) is 0 Å². The van der Waals surface area contributed by atoms with Crippen molar-refractivity contribution in [2.24, 2.45) is 5.10 Å². The molecule has 0 heterocycles. The number of carbonyl (C=O) groups excluding carboxylic acids is 1. The summed E-state index contributed by atoms with van der Waals surface area (Å²) in [5, 5.41) is 5.11. The fourth-order valence-corrected chi connectivity index (χ4v) is 2.23. The molecule has 0 aliphatic rings. The molecule has 0 fully saturated rings. The van der Waals surface area contributed by atoms with Gasteiger partial charge in [-0.3, -0.25) is 4.79 Å². The van der Waals surface area contributed by atoms with Crippen LogP contribution in [0.5, 0.6) is 5.75 Å². The van der Waals surface area contributed by atoms with Crippen LogP contribution in [0.4, 0.5) is 0 Å². The Morgan fingerprint density at radius 1 is 1.05 bits per heavy atom. The van der Waals surface area contributed by atoms with Crippen molar-refractivity contribution in [2.75, 3.05) is 6.61 Å². The number of hydrazone groups is 1. The molecule has 0 aliphatic carbocycles. The van der Waals surface area contributed by atoms with Gasteiger partial charge in [0.1, 0.15) is 5.75 Å². The minimum absolute atomic E-state index is 0.211. The van der Waals surface area contributed by atoms with Crippen LogP contribution in [-0.4, -0.2) is 18.7 Å². The van der Waals surface area contributed by atoms with Crippen LogP contribution >= 0.6 is 34.8 Å². The fourth-order valence-electron chi connectivity index (χ4n) is 1.54. The van der Waals surface area contributed by atoms with Gasteiger partial charge < -0.3 is 4.74 Å². The molecule has 114 valence electrons. The molecular formula is C15H11Cl3N2O2. The van der Waals surface area contributed by atoms with Gasteiger partial charge >= 0.3 is 0 Å². The summed E-state index contributed by atoms with van der Waals surface area (Å²) in [6, 6.07) is 11.9. The smallest absolute Gasteiger partial charge is 0.277 e. The Kier molecular flexibility index (Phi) is 6.07. The van der Waals surface area contributed by atoms with Gasteiger partial charge in [0.15, 0.2) is 6.61 Å². The molecule has 7 heteroatoms. The van der Waals surface area contributed by atoms with Crippen LogP contribution in [0.1, 0.15) is 5.56 Å². The number of nitrogens with one attached hydrogen (secondary N) is 1. The highest BCUT2D eigenvalue weighted by Crippen LogP contribution is 2.23. The van der Waals surface area contributed by atoms with Gasteiger partial charge in [0, 0.05) is 5.56 Å². The maximum Gasteiger partial charge on any atom is 0.277 e. The van der Waals surface area contributed by atoms with Crippen molar-refractivity contribution >= 4 is 46.9 Å². The molecule has 0 aliphatic heterocycles. The van der Waals surface area contributed by atoms with Crippen molar-refractivity contribution in [1.29, 1.82) is 0 Å². The highest BCUT2D eigenvalue weighted by Gasteiger charge is 2.05. The Morgan fingerprint density at radius 3 is 2.36 bits per heavy atom. The molecule has 2 aromatic rings. The van der Waals surface area contributed by atoms with Crippen LogP contribution in [0.2, 0.25) is 15.1 Å². The van der Waals surface area contributed by atoms with E-state index in [-0.39, 0.29) is 6.61 Å². The molecular weight excluding hydrogens is 347 g/mol. The van der Waals surface area contributed by atoms with E-state index in [4.69, 9.17) is 39.5 Å². The summed E-state index contributed by atoms with van der Waals surface area (Å²) in [6.07, 6.45) is 1.37. The molecule has 0 unspecified atom stereocenters. The maximum atomic E-state index is 11.6. The van der Waals surface area contributed by atoms with Gasteiger partial charge in [0.25, 0.3) is 5.91 Å². The molecule has 2 aromatic carbocycles. The summed E-state index contributed by atoms with van der Waals surface area (Å²) < 4.78 is 5.28. The summed E-state index contributed by atoms with van der Waals surface area (Å²) in [5.41, 5.74) is 2.85. The third-order valence-electron chi connectivity index (χ3n) is 2.58. The number of ether oxygens (including phenoxy) is 1. The number of hydrogen-bond acceptors (Lipinski definition) is 3. The van der Waals surface area contributed by atoms with Gasteiger partial charge in [-0.2, -0.15) is 5.10 Å². The molecule has 0 radical (unpaired) electrons. The zero-order valence-corrected chi connectivity index (χ0v) is 13.5. The quantitative estimate of drug-likeness (QED) is 0.645. The SMILES string of the molecule is O=C(COc1ccccc1Cl)NN=Cc1c(Cl)cccc1Cl. The van der Waals surface area contributed by atoms with E-state index in [1.54, 1.807) is 42.5 Å². The lowest BCUT2D eigenvalue weighted by Gasteiger charge is -2.06. The second kappa shape index (κ2) is 8.03. The van der Waals surface area contributed by atoms with Gasteiger partial charge in [-0.15, -0.1) is 0 Å². The van der Waals surface area contributed by atoms with Crippen molar-refractivity contribution < 1.29 is 9.53 Å². The van der Waals surface area contributed by atoms with E-state index in [1.165, 1.54) is 6.21 Å². The minimum Gasteiger partial charge on any atom is -0.482 e. The lowest BCUT2D eigenvalue weighted by atomic mass is 10.2. The Hall–Kier alpha value is -1.75. The summed E-state index contributed by atoms with van der Waals surface area (Å²) in [4.78, 5) is 11.6. The fraction of sp³-hybridized carbons (Fsp3) is 0.0667. The number of amides is 1. The maximum absolute atomic E-state index is 11.6. The van der Waals surface area contributed by atoms with E-state index < -0.39 is 5.91 Å². The van der Waals surface area contributed by atoms with E-state index in [9.17, 15) is 4.79 Å². The van der Waals surface area contributed by atoms with Crippen LogP contribution in [0, 0.1) is 0 Å². The summed E-state index contributed by atoms with van der Waals surface area (Å²) in [5.74, 6) is -0.00297. The third kappa shape index (κ3) is 4.63. The number of benzene rings is 2. The van der Waals surface area contributed by atoms with Crippen LogP contribution < -0.4 is 10.2 Å². The number of halogens is 3. The normalized spacial score (nSPS) is 10.7. The zero-order chi connectivity index (χ0) is 15.9. The first-order chi connectivity index (χ1) is 10.6. The second-order valence-corrected chi connectivity index (χ2v) is 5.37. The first-order valence-corrected chi connectivity index (χ1v) is 7.34. The average Bonchev–Trinajstić information content (AvgIpc) is 2.49. The number of para-hydroxylation sites is 1. The van der Waals surface area contributed by atoms with E-state index >= 15 is 0 Å². The molecule has 0 aromatic heterocycles. The van der Waals surface area contributed by atoms with Crippen molar-refractivity contribution in [3.8, 4) is 5.75 Å². The van der Waals surface area contributed by atoms with Crippen LogP contribution in [0.3, 0.4) is 0 Å². The predicted octanol–water partition coefficient (Wildman–Crippen LogP) is 4.18. The Bertz CT molecular complexity index is 685. The molecule has 2 rings (SSSR count). The number of nitrogens with zero attached hydrogens (tertiary/aromatic N) is 1. The van der Waals surface area contributed by atoms with Crippen molar-refractivity contribution in [1.82, 2.24) is 5.43 Å². The van der Waals surface area contributed by atoms with Gasteiger partial charge in [-0.25, -0.2) is 5.43 Å². The number of carbonyl (C=O) groups is 1. The second-order valence-electron chi connectivity index (χ2n) is 4.15. The predicted molar refractivity (Wildman–Crippen MR) is 89.1 cm³/mol. The largest absolute Gasteiger partial charge is 0.482 e. The van der Waals surface area contributed by atoms with Gasteiger partial charge in [-0.05, 0) is 24.3 Å². The van der Waals surface area contributed by atoms with Crippen LogP contribution in [0.25, 0.3) is 0 Å². The lowest BCUT2D eigenvalue weighted by Crippen LogP contribution is -2.24. The Morgan fingerprint density at radius 2 is 1.68 bits per heavy atom. The molecule has 4 nitrogen and oxygen atoms in total. The Balaban J connectivity index is 1.88. The summed E-state index contributed by atoms with van der Waals surface area (Å²) in [6.45, 7) is -0.211. The topological polar surface area (TPSA) is 50.7 Å². The molecule has 22 heavy (non-hydrogen) atoms. The van der Waals surface area contributed by atoms with Crippen molar-refractivity contribution in [2.45, 2.75) is 0 Å². The monoisotopic (exact) mass is 356 g/mol. The molecule has 0 saturated heterocycles. The standard InChI is InChI=1S/C15H11Cl3N2O2/c16-11-5-3-6-12(17)10(11)8-19-20-15(21)9-22-14-7-2-1-4-13(14)18/h1-8H,9H2,(H,20,21). The first-order valence-electron chi connectivity index (χ1n) is 6.21. The molecule has 1 amide bonds. The first kappa shape index (κ1) is 16.6. The Labute approximate surface area is 142 Å². The molecule has 0 saturated carbocycles. The summed E-state index contributed by atoms with van der Waals surface area (Å²) in [7, 11) is 0. The number of rotatable bonds is 5. The minimum atomic E-state index is -0.431. The third-order valence-corrected chi connectivity index (χ3v) is 3.55. The molecule has 0 spiro atoms. The molecule has 0 bridgehead atoms. The molecule has 0 atom stereocenters. The van der Waals surface area contributed by atoms with E-state index in [1.807, 2.05) is 0 Å². The highest BCUT2D eigenvalue weighted by atomic mass is 35.5. The van der Waals surface area contributed by atoms with Crippen LogP contribution in [-0.2, 0) is 4.79 Å². The van der Waals surface area contributed by atoms with E-state index in [0.29, 0.717) is 26.4 Å². The molecule has 1 N–H and O–H groups in total. The van der Waals surface area contributed by atoms with Crippen LogP contribution in [0.15, 0.2) is 47.6 Å². The van der Waals surface area contributed by atoms with Gasteiger partial charge in [0.05, 0.1) is 21.3 Å². The van der Waals surface area contributed by atoms with E-state index in [0.717, 1.165) is 0 Å². The highest BCUT2D eigenvalue weighted by molar-refractivity contribution is 6.38. The average molecular weight is 358 g/mol. The lowest BCUT2D eigenvalue weighted by molar-refractivity contribution is -0.123. The summed E-state index contributed by atoms with van der Waals surface area (Å²) >= 11 is 17.9. The van der Waals surface area contributed by atoms with Crippen molar-refractivity contribution in [3.63, 3.8) is 0 Å². The van der Waals surface area contributed by atoms with Gasteiger partial charge in [-0.1, -0.05) is 53.0 Å². The van der Waals surface area contributed by atoms with Crippen molar-refractivity contribution in [3.05, 3.63) is 63.1 Å². The number of hydrogen-bond donors (Lipinski definition) is 1.